The van der Waals surface area contributed by atoms with Crippen LogP contribution in [0.1, 0.15) is 5.56 Å². The number of aliphatic carboxylic acids is 1. The van der Waals surface area contributed by atoms with Crippen molar-refractivity contribution in [1.82, 2.24) is 4.98 Å². The van der Waals surface area contributed by atoms with Crippen molar-refractivity contribution in [2.24, 2.45) is 5.73 Å². The van der Waals surface area contributed by atoms with Crippen molar-refractivity contribution < 1.29 is 9.90 Å². The second-order valence-corrected chi connectivity index (χ2v) is 3.90. The van der Waals surface area contributed by atoms with E-state index in [4.69, 9.17) is 16.6 Å². The van der Waals surface area contributed by atoms with Gasteiger partial charge < -0.3 is 16.6 Å². The maximum Gasteiger partial charge on any atom is 0.320 e. The highest BCUT2D eigenvalue weighted by Gasteiger charge is 2.12. The number of hydrogen-bond acceptors (Lipinski definition) is 4. The average molecular weight is 231 g/mol. The smallest absolute Gasteiger partial charge is 0.320 e. The minimum atomic E-state index is -1.00. The Hall–Kier alpha value is -2.14. The first-order valence-electron chi connectivity index (χ1n) is 5.19. The Labute approximate surface area is 98.1 Å². The third-order valence-corrected chi connectivity index (χ3v) is 2.63. The fraction of sp³-hybridized carbons (Fsp3) is 0.167. The Bertz CT molecular complexity index is 569. The van der Waals surface area contributed by atoms with Crippen LogP contribution in [0.3, 0.4) is 0 Å². The van der Waals surface area contributed by atoms with E-state index in [0.29, 0.717) is 12.2 Å². The fourth-order valence-electron chi connectivity index (χ4n) is 1.72. The lowest BCUT2D eigenvalue weighted by molar-refractivity contribution is -0.138. The molecule has 0 bridgehead atoms. The summed E-state index contributed by atoms with van der Waals surface area (Å²) in [4.78, 5) is 14.7. The van der Waals surface area contributed by atoms with Crippen molar-refractivity contribution in [3.8, 4) is 0 Å². The summed E-state index contributed by atoms with van der Waals surface area (Å²) in [5.74, 6) is -0.532. The van der Waals surface area contributed by atoms with Crippen LogP contribution in [0.25, 0.3) is 10.8 Å². The highest BCUT2D eigenvalue weighted by Crippen LogP contribution is 2.20. The van der Waals surface area contributed by atoms with Gasteiger partial charge in [-0.1, -0.05) is 18.2 Å². The van der Waals surface area contributed by atoms with Gasteiger partial charge in [0.1, 0.15) is 11.9 Å². The number of carboxylic acids is 1. The molecule has 2 aromatic rings. The normalized spacial score (nSPS) is 12.5. The summed E-state index contributed by atoms with van der Waals surface area (Å²) in [5, 5.41) is 10.5. The van der Waals surface area contributed by atoms with Crippen LogP contribution in [0.5, 0.6) is 0 Å². The van der Waals surface area contributed by atoms with E-state index in [-0.39, 0.29) is 0 Å². The highest BCUT2D eigenvalue weighted by atomic mass is 16.4. The predicted molar refractivity (Wildman–Crippen MR) is 65.5 cm³/mol. The van der Waals surface area contributed by atoms with Gasteiger partial charge in [-0.25, -0.2) is 4.98 Å². The summed E-state index contributed by atoms with van der Waals surface area (Å²) in [5.41, 5.74) is 12.1. The van der Waals surface area contributed by atoms with Crippen molar-refractivity contribution in [3.63, 3.8) is 0 Å². The van der Waals surface area contributed by atoms with Gasteiger partial charge in [0.2, 0.25) is 0 Å². The second kappa shape index (κ2) is 4.39. The van der Waals surface area contributed by atoms with E-state index in [2.05, 4.69) is 4.98 Å². The van der Waals surface area contributed by atoms with Crippen molar-refractivity contribution in [2.45, 2.75) is 12.5 Å². The second-order valence-electron chi connectivity index (χ2n) is 3.90. The molecule has 2 rings (SSSR count). The molecule has 0 radical (unpaired) electrons. The van der Waals surface area contributed by atoms with Gasteiger partial charge in [-0.05, 0) is 23.4 Å². The lowest BCUT2D eigenvalue weighted by Gasteiger charge is -2.08. The van der Waals surface area contributed by atoms with E-state index in [9.17, 15) is 4.79 Å². The summed E-state index contributed by atoms with van der Waals surface area (Å²) in [6, 6.07) is 6.49. The lowest BCUT2D eigenvalue weighted by Crippen LogP contribution is -2.32. The SMILES string of the molecule is Nc1nccc2cc(CC(N)C(=O)O)ccc12. The number of benzene rings is 1. The third-order valence-electron chi connectivity index (χ3n) is 2.63. The molecule has 0 amide bonds. The number of anilines is 1. The maximum atomic E-state index is 10.7. The fourth-order valence-corrected chi connectivity index (χ4v) is 1.72. The van der Waals surface area contributed by atoms with Crippen LogP contribution >= 0.6 is 0 Å². The maximum absolute atomic E-state index is 10.7. The number of nitrogens with zero attached hydrogens (tertiary/aromatic N) is 1. The van der Waals surface area contributed by atoms with Crippen LogP contribution in [-0.2, 0) is 11.2 Å². The molecule has 0 saturated heterocycles. The van der Waals surface area contributed by atoms with E-state index in [1.807, 2.05) is 24.3 Å². The first-order valence-corrected chi connectivity index (χ1v) is 5.19. The molecular formula is C12H13N3O2. The first kappa shape index (κ1) is 11.3. The molecule has 5 heteroatoms. The molecule has 0 aliphatic rings. The van der Waals surface area contributed by atoms with Crippen molar-refractivity contribution in [2.75, 3.05) is 5.73 Å². The summed E-state index contributed by atoms with van der Waals surface area (Å²) >= 11 is 0. The molecule has 88 valence electrons. The molecule has 1 heterocycles. The van der Waals surface area contributed by atoms with Crippen LogP contribution in [0.15, 0.2) is 30.5 Å². The summed E-state index contributed by atoms with van der Waals surface area (Å²) in [6.45, 7) is 0. The molecule has 17 heavy (non-hydrogen) atoms. The number of fused-ring (bicyclic) bond motifs is 1. The zero-order chi connectivity index (χ0) is 12.4. The average Bonchev–Trinajstić information content (AvgIpc) is 2.29. The van der Waals surface area contributed by atoms with Crippen LogP contribution in [-0.4, -0.2) is 22.1 Å². The van der Waals surface area contributed by atoms with Crippen LogP contribution in [0, 0.1) is 0 Å². The number of rotatable bonds is 3. The topological polar surface area (TPSA) is 102 Å². The van der Waals surface area contributed by atoms with E-state index in [1.165, 1.54) is 0 Å². The minimum Gasteiger partial charge on any atom is -0.480 e. The third kappa shape index (κ3) is 2.34. The molecule has 0 aliphatic carbocycles. The van der Waals surface area contributed by atoms with Gasteiger partial charge in [0.05, 0.1) is 0 Å². The van der Waals surface area contributed by atoms with Crippen molar-refractivity contribution >= 4 is 22.6 Å². The van der Waals surface area contributed by atoms with Gasteiger partial charge in [-0.15, -0.1) is 0 Å². The number of pyridine rings is 1. The largest absolute Gasteiger partial charge is 0.480 e. The van der Waals surface area contributed by atoms with Gasteiger partial charge in [0, 0.05) is 11.6 Å². The summed E-state index contributed by atoms with van der Waals surface area (Å²) < 4.78 is 0. The van der Waals surface area contributed by atoms with Crippen LogP contribution in [0.2, 0.25) is 0 Å². The van der Waals surface area contributed by atoms with E-state index in [1.54, 1.807) is 6.20 Å². The van der Waals surface area contributed by atoms with Gasteiger partial charge in [0.25, 0.3) is 0 Å². The summed E-state index contributed by atoms with van der Waals surface area (Å²) in [6.07, 6.45) is 1.92. The van der Waals surface area contributed by atoms with Crippen LogP contribution < -0.4 is 11.5 Å². The Morgan fingerprint density at radius 2 is 2.18 bits per heavy atom. The van der Waals surface area contributed by atoms with E-state index >= 15 is 0 Å². The zero-order valence-electron chi connectivity index (χ0n) is 9.13. The molecule has 1 atom stereocenters. The molecular weight excluding hydrogens is 218 g/mol. The Balaban J connectivity index is 2.35. The Morgan fingerprint density at radius 1 is 1.41 bits per heavy atom. The monoisotopic (exact) mass is 231 g/mol. The molecule has 0 saturated carbocycles. The summed E-state index contributed by atoms with van der Waals surface area (Å²) in [7, 11) is 0. The lowest BCUT2D eigenvalue weighted by atomic mass is 10.0. The predicted octanol–water partition coefficient (Wildman–Crippen LogP) is 0.771. The molecule has 5 nitrogen and oxygen atoms in total. The van der Waals surface area contributed by atoms with Gasteiger partial charge in [-0.2, -0.15) is 0 Å². The number of carboxylic acid groups (broad SMARTS) is 1. The number of hydrogen-bond donors (Lipinski definition) is 3. The van der Waals surface area contributed by atoms with Crippen molar-refractivity contribution in [1.29, 1.82) is 0 Å². The Kier molecular flexibility index (Phi) is 2.93. The van der Waals surface area contributed by atoms with Gasteiger partial charge in [-0.3, -0.25) is 4.79 Å². The minimum absolute atomic E-state index is 0.299. The molecule has 5 N–H and O–H groups in total. The zero-order valence-corrected chi connectivity index (χ0v) is 9.13. The molecule has 0 spiro atoms. The quantitative estimate of drug-likeness (QED) is 0.724. The number of carbonyl (C=O) groups is 1. The van der Waals surface area contributed by atoms with Crippen molar-refractivity contribution in [3.05, 3.63) is 36.0 Å². The van der Waals surface area contributed by atoms with Gasteiger partial charge in [0.15, 0.2) is 0 Å². The van der Waals surface area contributed by atoms with Gasteiger partial charge >= 0.3 is 5.97 Å². The Morgan fingerprint density at radius 3 is 2.88 bits per heavy atom. The van der Waals surface area contributed by atoms with E-state index < -0.39 is 12.0 Å². The molecule has 1 aromatic heterocycles. The molecule has 1 unspecified atom stereocenters. The van der Waals surface area contributed by atoms with E-state index in [0.717, 1.165) is 16.3 Å². The number of nitrogen functional groups attached to an aromatic ring is 1. The standard InChI is InChI=1S/C12H13N3O2/c13-10(12(16)17)6-7-1-2-9-8(5-7)3-4-15-11(9)14/h1-5,10H,6,13H2,(H2,14,15)(H,16,17). The molecule has 1 aromatic carbocycles. The van der Waals surface area contributed by atoms with Crippen LogP contribution in [0.4, 0.5) is 5.82 Å². The first-order chi connectivity index (χ1) is 8.08. The molecule has 0 fully saturated rings. The highest BCUT2D eigenvalue weighted by molar-refractivity contribution is 5.91. The number of nitrogens with two attached hydrogens (primary N) is 2. The molecule has 0 aliphatic heterocycles. The number of aromatic nitrogens is 1.